The number of urea groups is 1. The zero-order valence-corrected chi connectivity index (χ0v) is 15.9. The molecule has 0 saturated carbocycles. The molecule has 0 radical (unpaired) electrons. The summed E-state index contributed by atoms with van der Waals surface area (Å²) in [6.45, 7) is 1.64. The number of hydrogen-bond acceptors (Lipinski definition) is 3. The van der Waals surface area contributed by atoms with Gasteiger partial charge in [-0.1, -0.05) is 48.5 Å². The number of carbonyl (C=O) groups excluding carboxylic acids is 2. The first kappa shape index (κ1) is 17.1. The van der Waals surface area contributed by atoms with Crippen LogP contribution in [0.15, 0.2) is 48.5 Å². The summed E-state index contributed by atoms with van der Waals surface area (Å²) in [6, 6.07) is 16.2. The molecule has 144 valence electrons. The van der Waals surface area contributed by atoms with Crippen LogP contribution in [0.25, 0.3) is 11.1 Å². The Kier molecular flexibility index (Phi) is 3.82. The number of fused-ring (bicyclic) bond motifs is 3. The number of rotatable bonds is 1. The molecule has 0 bridgehead atoms. The quantitative estimate of drug-likeness (QED) is 0.829. The van der Waals surface area contributed by atoms with E-state index < -0.39 is 5.60 Å². The van der Waals surface area contributed by atoms with Crippen LogP contribution in [0.2, 0.25) is 0 Å². The van der Waals surface area contributed by atoms with Crippen molar-refractivity contribution in [2.24, 2.45) is 0 Å². The number of likely N-dealkylation sites (N-methyl/N-ethyl adjacent to an activating group) is 1. The lowest BCUT2D eigenvalue weighted by Crippen LogP contribution is -2.55. The normalized spacial score (nSPS) is 23.5. The Morgan fingerprint density at radius 1 is 1.07 bits per heavy atom. The van der Waals surface area contributed by atoms with Gasteiger partial charge >= 0.3 is 12.1 Å². The predicted molar refractivity (Wildman–Crippen MR) is 105 cm³/mol. The number of carbonyl (C=O) groups is 2. The number of hydrogen-bond donors (Lipinski definition) is 1. The Morgan fingerprint density at radius 3 is 2.32 bits per heavy atom. The molecule has 2 saturated heterocycles. The molecule has 6 nitrogen and oxygen atoms in total. The summed E-state index contributed by atoms with van der Waals surface area (Å²) in [4.78, 5) is 28.4. The van der Waals surface area contributed by atoms with E-state index in [-0.39, 0.29) is 18.2 Å². The van der Waals surface area contributed by atoms with Crippen LogP contribution in [0.4, 0.5) is 9.59 Å². The number of benzene rings is 2. The standard InChI is InChI=1S/C22H23N3O3/c1-24-13-22(28-21(24)27)11-6-12-25(14-22)20(26)23-19-17-9-4-2-7-15(17)16-8-3-5-10-18(16)19/h2-5,7-10,19H,6,11-14H2,1H3,(H,23,26). The largest absolute Gasteiger partial charge is 0.439 e. The summed E-state index contributed by atoms with van der Waals surface area (Å²) in [7, 11) is 1.74. The summed E-state index contributed by atoms with van der Waals surface area (Å²) in [5.74, 6) is 0. The second-order valence-corrected chi connectivity index (χ2v) is 7.99. The molecular formula is C22H23N3O3. The van der Waals surface area contributed by atoms with Gasteiger partial charge in [0.1, 0.15) is 5.60 Å². The Balaban J connectivity index is 1.38. The van der Waals surface area contributed by atoms with Gasteiger partial charge in [0.05, 0.1) is 19.1 Å². The number of ether oxygens (including phenoxy) is 1. The zero-order valence-electron chi connectivity index (χ0n) is 15.9. The van der Waals surface area contributed by atoms with E-state index in [1.807, 2.05) is 24.3 Å². The van der Waals surface area contributed by atoms with E-state index in [2.05, 4.69) is 29.6 Å². The molecule has 1 aliphatic carbocycles. The maximum absolute atomic E-state index is 13.1. The molecule has 1 atom stereocenters. The van der Waals surface area contributed by atoms with Crippen LogP contribution in [-0.2, 0) is 4.74 Å². The number of nitrogens with zero attached hydrogens (tertiary/aromatic N) is 2. The molecule has 2 heterocycles. The van der Waals surface area contributed by atoms with Crippen molar-refractivity contribution in [2.75, 3.05) is 26.7 Å². The fraction of sp³-hybridized carbons (Fsp3) is 0.364. The van der Waals surface area contributed by atoms with Crippen LogP contribution in [0, 0.1) is 0 Å². The lowest BCUT2D eigenvalue weighted by molar-refractivity contribution is 0.00301. The van der Waals surface area contributed by atoms with E-state index >= 15 is 0 Å². The van der Waals surface area contributed by atoms with E-state index in [1.54, 1.807) is 16.8 Å². The van der Waals surface area contributed by atoms with Crippen molar-refractivity contribution in [1.82, 2.24) is 15.1 Å². The van der Waals surface area contributed by atoms with Gasteiger partial charge in [0, 0.05) is 13.6 Å². The summed E-state index contributed by atoms with van der Waals surface area (Å²) in [5, 5.41) is 3.22. The molecule has 6 heteroatoms. The Bertz CT molecular complexity index is 914. The van der Waals surface area contributed by atoms with E-state index in [9.17, 15) is 9.59 Å². The number of nitrogens with one attached hydrogen (secondary N) is 1. The maximum atomic E-state index is 13.1. The molecule has 3 aliphatic rings. The summed E-state index contributed by atoms with van der Waals surface area (Å²) < 4.78 is 5.63. The fourth-order valence-electron chi connectivity index (χ4n) is 4.80. The minimum Gasteiger partial charge on any atom is -0.439 e. The van der Waals surface area contributed by atoms with Gasteiger partial charge in [-0.3, -0.25) is 0 Å². The number of amides is 3. The molecule has 2 aliphatic heterocycles. The highest BCUT2D eigenvalue weighted by molar-refractivity contribution is 5.83. The number of piperidine rings is 1. The second kappa shape index (κ2) is 6.26. The minimum absolute atomic E-state index is 0.110. The number of likely N-dealkylation sites (tertiary alicyclic amines) is 1. The highest BCUT2D eigenvalue weighted by atomic mass is 16.6. The lowest BCUT2D eigenvalue weighted by Gasteiger charge is -2.38. The third-order valence-electron chi connectivity index (χ3n) is 6.07. The van der Waals surface area contributed by atoms with Crippen molar-refractivity contribution >= 4 is 12.1 Å². The third-order valence-corrected chi connectivity index (χ3v) is 6.07. The Labute approximate surface area is 164 Å². The van der Waals surface area contributed by atoms with Gasteiger partial charge < -0.3 is 19.9 Å². The van der Waals surface area contributed by atoms with Crippen LogP contribution in [0.1, 0.15) is 30.0 Å². The highest BCUT2D eigenvalue weighted by Crippen LogP contribution is 2.43. The monoisotopic (exact) mass is 377 g/mol. The van der Waals surface area contributed by atoms with Crippen LogP contribution < -0.4 is 5.32 Å². The molecule has 3 amide bonds. The Hall–Kier alpha value is -3.02. The van der Waals surface area contributed by atoms with Gasteiger partial charge in [0.2, 0.25) is 0 Å². The lowest BCUT2D eigenvalue weighted by atomic mass is 9.93. The van der Waals surface area contributed by atoms with Gasteiger partial charge in [-0.05, 0) is 35.1 Å². The van der Waals surface area contributed by atoms with Crippen molar-refractivity contribution in [3.63, 3.8) is 0 Å². The molecular weight excluding hydrogens is 354 g/mol. The van der Waals surface area contributed by atoms with Crippen molar-refractivity contribution in [3.05, 3.63) is 59.7 Å². The van der Waals surface area contributed by atoms with Crippen LogP contribution in [-0.4, -0.2) is 54.2 Å². The molecule has 2 fully saturated rings. The molecule has 1 N–H and O–H groups in total. The van der Waals surface area contributed by atoms with Crippen molar-refractivity contribution in [1.29, 1.82) is 0 Å². The molecule has 1 unspecified atom stereocenters. The van der Waals surface area contributed by atoms with Gasteiger partial charge in [-0.15, -0.1) is 0 Å². The first-order chi connectivity index (χ1) is 13.6. The average Bonchev–Trinajstić information content (AvgIpc) is 3.16. The third kappa shape index (κ3) is 2.63. The van der Waals surface area contributed by atoms with Crippen LogP contribution in [0.5, 0.6) is 0 Å². The fourth-order valence-corrected chi connectivity index (χ4v) is 4.80. The van der Waals surface area contributed by atoms with Crippen molar-refractivity contribution in [2.45, 2.75) is 24.5 Å². The molecule has 2 aromatic rings. The summed E-state index contributed by atoms with van der Waals surface area (Å²) in [6.07, 6.45) is 1.31. The topological polar surface area (TPSA) is 61.9 Å². The first-order valence-corrected chi connectivity index (χ1v) is 9.74. The minimum atomic E-state index is -0.576. The van der Waals surface area contributed by atoms with E-state index in [1.165, 1.54) is 11.1 Å². The second-order valence-electron chi connectivity index (χ2n) is 7.99. The van der Waals surface area contributed by atoms with E-state index in [4.69, 9.17) is 4.74 Å². The maximum Gasteiger partial charge on any atom is 0.410 e. The Morgan fingerprint density at radius 2 is 1.71 bits per heavy atom. The van der Waals surface area contributed by atoms with Gasteiger partial charge in [0.15, 0.2) is 0 Å². The summed E-state index contributed by atoms with van der Waals surface area (Å²) >= 11 is 0. The van der Waals surface area contributed by atoms with Crippen LogP contribution >= 0.6 is 0 Å². The highest BCUT2D eigenvalue weighted by Gasteiger charge is 2.47. The van der Waals surface area contributed by atoms with Gasteiger partial charge in [-0.2, -0.15) is 0 Å². The molecule has 1 spiro atoms. The summed E-state index contributed by atoms with van der Waals surface area (Å²) in [5.41, 5.74) is 4.01. The van der Waals surface area contributed by atoms with Gasteiger partial charge in [0.25, 0.3) is 0 Å². The SMILES string of the molecule is CN1CC2(CCCN(C(=O)NC3c4ccccc4-c4ccccc43)C2)OC1=O. The van der Waals surface area contributed by atoms with E-state index in [0.29, 0.717) is 19.6 Å². The smallest absolute Gasteiger partial charge is 0.410 e. The van der Waals surface area contributed by atoms with Crippen molar-refractivity contribution in [3.8, 4) is 11.1 Å². The molecule has 28 heavy (non-hydrogen) atoms. The molecule has 0 aromatic heterocycles. The average molecular weight is 377 g/mol. The molecule has 2 aromatic carbocycles. The zero-order chi connectivity index (χ0) is 19.3. The first-order valence-electron chi connectivity index (χ1n) is 9.74. The molecule has 5 rings (SSSR count). The van der Waals surface area contributed by atoms with Gasteiger partial charge in [-0.25, -0.2) is 9.59 Å². The van der Waals surface area contributed by atoms with Crippen molar-refractivity contribution < 1.29 is 14.3 Å². The van der Waals surface area contributed by atoms with Crippen LogP contribution in [0.3, 0.4) is 0 Å². The van der Waals surface area contributed by atoms with E-state index in [0.717, 1.165) is 24.0 Å². The predicted octanol–water partition coefficient (Wildman–Crippen LogP) is 3.38.